The smallest absolute Gasteiger partial charge is 0.142 e. The molecule has 0 aliphatic rings. The molecule has 0 saturated heterocycles. The van der Waals surface area contributed by atoms with Gasteiger partial charge < -0.3 is 15.2 Å². The summed E-state index contributed by atoms with van der Waals surface area (Å²) in [6.45, 7) is 2.19. The van der Waals surface area contributed by atoms with Crippen molar-refractivity contribution in [3.05, 3.63) is 53.3 Å². The molecule has 100 valence electrons. The molecule has 0 amide bonds. The van der Waals surface area contributed by atoms with Gasteiger partial charge >= 0.3 is 0 Å². The van der Waals surface area contributed by atoms with E-state index < -0.39 is 0 Å². The Bertz CT molecular complexity index is 584. The van der Waals surface area contributed by atoms with E-state index in [-0.39, 0.29) is 12.4 Å². The van der Waals surface area contributed by atoms with Crippen molar-refractivity contribution in [2.45, 2.75) is 13.5 Å². The lowest BCUT2D eigenvalue weighted by Gasteiger charge is -2.11. The molecule has 0 aromatic heterocycles. The van der Waals surface area contributed by atoms with Gasteiger partial charge in [0.25, 0.3) is 0 Å². The van der Waals surface area contributed by atoms with E-state index in [1.165, 1.54) is 12.1 Å². The fourth-order valence-corrected chi connectivity index (χ4v) is 1.74. The molecule has 0 aliphatic carbocycles. The van der Waals surface area contributed by atoms with Gasteiger partial charge in [0.2, 0.25) is 0 Å². The third-order valence-electron chi connectivity index (χ3n) is 2.91. The maximum absolute atomic E-state index is 13.2. The molecule has 0 bridgehead atoms. The van der Waals surface area contributed by atoms with Crippen molar-refractivity contribution in [1.29, 1.82) is 0 Å². The zero-order valence-corrected chi connectivity index (χ0v) is 10.9. The predicted molar refractivity (Wildman–Crippen MR) is 72.9 cm³/mol. The Morgan fingerprint density at radius 2 is 1.95 bits per heavy atom. The number of hydrogen-bond acceptors (Lipinski definition) is 3. The predicted octanol–water partition coefficient (Wildman–Crippen LogP) is 3.30. The number of hydrogen-bond donors (Lipinski definition) is 1. The molecule has 2 aromatic carbocycles. The molecule has 0 unspecified atom stereocenters. The minimum Gasteiger partial charge on any atom is -0.497 e. The van der Waals surface area contributed by atoms with Crippen LogP contribution in [0.15, 0.2) is 36.4 Å². The number of rotatable bonds is 4. The Labute approximate surface area is 111 Å². The minimum atomic E-state index is -0.271. The van der Waals surface area contributed by atoms with Crippen molar-refractivity contribution >= 4 is 5.69 Å². The number of methoxy groups -OCH3 is 1. The first-order valence-corrected chi connectivity index (χ1v) is 5.91. The van der Waals surface area contributed by atoms with Crippen molar-refractivity contribution in [2.24, 2.45) is 0 Å². The van der Waals surface area contributed by atoms with Crippen LogP contribution < -0.4 is 15.2 Å². The van der Waals surface area contributed by atoms with E-state index in [4.69, 9.17) is 15.2 Å². The number of halogens is 1. The van der Waals surface area contributed by atoms with Crippen LogP contribution in [0.4, 0.5) is 10.1 Å². The van der Waals surface area contributed by atoms with Crippen LogP contribution in [0, 0.1) is 12.7 Å². The minimum absolute atomic E-state index is 0.271. The number of aryl methyl sites for hydroxylation is 1. The van der Waals surface area contributed by atoms with Crippen LogP contribution in [0.1, 0.15) is 11.1 Å². The normalized spacial score (nSPS) is 10.3. The van der Waals surface area contributed by atoms with Crippen molar-refractivity contribution in [3.63, 3.8) is 0 Å². The third-order valence-corrected chi connectivity index (χ3v) is 2.91. The highest BCUT2D eigenvalue weighted by Crippen LogP contribution is 2.27. The molecule has 0 radical (unpaired) electrons. The van der Waals surface area contributed by atoms with E-state index >= 15 is 0 Å². The van der Waals surface area contributed by atoms with Gasteiger partial charge in [-0.15, -0.1) is 0 Å². The molecule has 2 aromatic rings. The van der Waals surface area contributed by atoms with Gasteiger partial charge in [0.15, 0.2) is 0 Å². The summed E-state index contributed by atoms with van der Waals surface area (Å²) >= 11 is 0. The number of nitrogens with two attached hydrogens (primary N) is 1. The molecular weight excluding hydrogens is 245 g/mol. The van der Waals surface area contributed by atoms with Crippen LogP contribution in [-0.4, -0.2) is 7.11 Å². The summed E-state index contributed by atoms with van der Waals surface area (Å²) in [5, 5.41) is 0. The Balaban J connectivity index is 2.12. The first kappa shape index (κ1) is 13.2. The SMILES string of the molecule is COc1ccc(OCc2cc(F)ccc2C)c(N)c1. The fourth-order valence-electron chi connectivity index (χ4n) is 1.74. The fraction of sp³-hybridized carbons (Fsp3) is 0.200. The Kier molecular flexibility index (Phi) is 3.90. The summed E-state index contributed by atoms with van der Waals surface area (Å²) in [6.07, 6.45) is 0. The number of nitrogen functional groups attached to an aromatic ring is 1. The second-order valence-electron chi connectivity index (χ2n) is 4.26. The van der Waals surface area contributed by atoms with Crippen molar-refractivity contribution in [1.82, 2.24) is 0 Å². The van der Waals surface area contributed by atoms with Gasteiger partial charge in [0.1, 0.15) is 23.9 Å². The quantitative estimate of drug-likeness (QED) is 0.859. The van der Waals surface area contributed by atoms with E-state index in [1.54, 1.807) is 31.4 Å². The average Bonchev–Trinajstić information content (AvgIpc) is 2.40. The summed E-state index contributed by atoms with van der Waals surface area (Å²) < 4.78 is 23.8. The Hall–Kier alpha value is -2.23. The Morgan fingerprint density at radius 3 is 2.63 bits per heavy atom. The molecule has 0 fully saturated rings. The monoisotopic (exact) mass is 261 g/mol. The molecule has 0 atom stereocenters. The largest absolute Gasteiger partial charge is 0.497 e. The summed E-state index contributed by atoms with van der Waals surface area (Å²) in [5.41, 5.74) is 8.13. The van der Waals surface area contributed by atoms with Crippen molar-refractivity contribution < 1.29 is 13.9 Å². The molecule has 3 nitrogen and oxygen atoms in total. The lowest BCUT2D eigenvalue weighted by molar-refractivity contribution is 0.306. The van der Waals surface area contributed by atoms with Gasteiger partial charge in [-0.1, -0.05) is 6.07 Å². The highest BCUT2D eigenvalue weighted by molar-refractivity contribution is 5.56. The maximum atomic E-state index is 13.2. The lowest BCUT2D eigenvalue weighted by Crippen LogP contribution is -2.01. The summed E-state index contributed by atoms with van der Waals surface area (Å²) in [7, 11) is 1.57. The van der Waals surface area contributed by atoms with E-state index in [2.05, 4.69) is 0 Å². The van der Waals surface area contributed by atoms with Crippen LogP contribution in [0.25, 0.3) is 0 Å². The van der Waals surface area contributed by atoms with Crippen molar-refractivity contribution in [3.8, 4) is 11.5 Å². The zero-order chi connectivity index (χ0) is 13.8. The topological polar surface area (TPSA) is 44.5 Å². The van der Waals surface area contributed by atoms with Crippen LogP contribution in [0.2, 0.25) is 0 Å². The standard InChI is InChI=1S/C15H16FNO2/c1-10-3-4-12(16)7-11(10)9-19-15-6-5-13(18-2)8-14(15)17/h3-8H,9,17H2,1-2H3. The molecule has 4 heteroatoms. The van der Waals surface area contributed by atoms with Gasteiger partial charge in [-0.05, 0) is 42.3 Å². The Morgan fingerprint density at radius 1 is 1.16 bits per heavy atom. The van der Waals surface area contributed by atoms with Crippen LogP contribution in [0.5, 0.6) is 11.5 Å². The second kappa shape index (κ2) is 5.61. The molecule has 0 spiro atoms. The van der Waals surface area contributed by atoms with Crippen LogP contribution in [-0.2, 0) is 6.61 Å². The first-order chi connectivity index (χ1) is 9.10. The lowest BCUT2D eigenvalue weighted by atomic mass is 10.1. The molecule has 0 aliphatic heterocycles. The zero-order valence-electron chi connectivity index (χ0n) is 10.9. The van der Waals surface area contributed by atoms with Gasteiger partial charge in [-0.3, -0.25) is 0 Å². The molecule has 2 N–H and O–H groups in total. The first-order valence-electron chi connectivity index (χ1n) is 5.91. The highest BCUT2D eigenvalue weighted by Gasteiger charge is 2.05. The van der Waals surface area contributed by atoms with Crippen LogP contribution >= 0.6 is 0 Å². The van der Waals surface area contributed by atoms with Crippen LogP contribution in [0.3, 0.4) is 0 Å². The number of anilines is 1. The summed E-state index contributed by atoms with van der Waals surface area (Å²) in [4.78, 5) is 0. The molecule has 2 rings (SSSR count). The average molecular weight is 261 g/mol. The van der Waals surface area contributed by atoms with Crippen molar-refractivity contribution in [2.75, 3.05) is 12.8 Å². The third kappa shape index (κ3) is 3.16. The van der Waals surface area contributed by atoms with Gasteiger partial charge in [0.05, 0.1) is 12.8 Å². The summed E-state index contributed by atoms with van der Waals surface area (Å²) in [6, 6.07) is 9.82. The van der Waals surface area contributed by atoms with E-state index in [9.17, 15) is 4.39 Å². The number of ether oxygens (including phenoxy) is 2. The van der Waals surface area contributed by atoms with Gasteiger partial charge in [-0.25, -0.2) is 4.39 Å². The second-order valence-corrected chi connectivity index (χ2v) is 4.26. The summed E-state index contributed by atoms with van der Waals surface area (Å²) in [5.74, 6) is 0.961. The van der Waals surface area contributed by atoms with Gasteiger partial charge in [0, 0.05) is 6.07 Å². The molecular formula is C15H16FNO2. The molecule has 19 heavy (non-hydrogen) atoms. The van der Waals surface area contributed by atoms with Gasteiger partial charge in [-0.2, -0.15) is 0 Å². The molecule has 0 saturated carbocycles. The van der Waals surface area contributed by atoms with E-state index in [0.29, 0.717) is 17.2 Å². The maximum Gasteiger partial charge on any atom is 0.142 e. The molecule has 0 heterocycles. The highest BCUT2D eigenvalue weighted by atomic mass is 19.1. The number of benzene rings is 2. The van der Waals surface area contributed by atoms with E-state index in [1.807, 2.05) is 6.92 Å². The van der Waals surface area contributed by atoms with E-state index in [0.717, 1.165) is 11.1 Å².